The summed E-state index contributed by atoms with van der Waals surface area (Å²) in [6.07, 6.45) is -1.90. The number of benzene rings is 2. The Morgan fingerprint density at radius 2 is 1.94 bits per heavy atom. The number of halogens is 4. The molecule has 31 heavy (non-hydrogen) atoms. The molecule has 1 saturated heterocycles. The lowest BCUT2D eigenvalue weighted by Crippen LogP contribution is -2.30. The van der Waals surface area contributed by atoms with Crippen molar-refractivity contribution >= 4 is 35.0 Å². The zero-order valence-electron chi connectivity index (χ0n) is 15.9. The van der Waals surface area contributed by atoms with Crippen LogP contribution in [-0.2, 0) is 12.6 Å². The third kappa shape index (κ3) is 3.48. The summed E-state index contributed by atoms with van der Waals surface area (Å²) >= 11 is 0.573. The summed E-state index contributed by atoms with van der Waals surface area (Å²) in [6.45, 7) is 0.214. The molecule has 0 radical (unpaired) electrons. The maximum Gasteiger partial charge on any atom is 0.425 e. The highest BCUT2D eigenvalue weighted by molar-refractivity contribution is 7.10. The van der Waals surface area contributed by atoms with Crippen molar-refractivity contribution in [2.75, 3.05) is 11.4 Å². The predicted molar refractivity (Wildman–Crippen MR) is 112 cm³/mol. The maximum absolute atomic E-state index is 15.1. The summed E-state index contributed by atoms with van der Waals surface area (Å²) in [7, 11) is 0. The Morgan fingerprint density at radius 1 is 1.10 bits per heavy atom. The molecule has 1 aromatic heterocycles. The number of nitrogens with zero attached hydrogens (tertiary/aromatic N) is 2. The third-order valence-corrected chi connectivity index (χ3v) is 6.41. The first-order valence-electron chi connectivity index (χ1n) is 9.49. The Morgan fingerprint density at radius 3 is 2.68 bits per heavy atom. The highest BCUT2D eigenvalue weighted by Gasteiger charge is 2.36. The molecule has 1 fully saturated rings. The van der Waals surface area contributed by atoms with Gasteiger partial charge in [-0.25, -0.2) is 9.18 Å². The smallest absolute Gasteiger partial charge is 0.335 e. The van der Waals surface area contributed by atoms with Gasteiger partial charge in [0, 0.05) is 30.4 Å². The second-order valence-electron chi connectivity index (χ2n) is 7.33. The van der Waals surface area contributed by atoms with Crippen molar-refractivity contribution in [1.29, 1.82) is 0 Å². The van der Waals surface area contributed by atoms with E-state index in [9.17, 15) is 18.0 Å². The molecule has 3 aromatic rings. The lowest BCUT2D eigenvalue weighted by atomic mass is 10.0. The lowest BCUT2D eigenvalue weighted by Gasteiger charge is -2.24. The minimum atomic E-state index is -4.43. The van der Waals surface area contributed by atoms with E-state index in [1.807, 2.05) is 12.1 Å². The SMILES string of the molecule is O=C1NCC(c2ccc(-c3csc(C(F)(F)F)c3)cc2F)N1c1ccc2c(c1)N=CC2. The van der Waals surface area contributed by atoms with E-state index in [0.717, 1.165) is 23.7 Å². The molecule has 2 aliphatic heterocycles. The molecule has 2 aromatic carbocycles. The minimum Gasteiger partial charge on any atom is -0.335 e. The number of carbonyl (C=O) groups excluding carboxylic acids is 1. The fourth-order valence-electron chi connectivity index (χ4n) is 3.90. The molecule has 0 aliphatic carbocycles. The molecule has 0 saturated carbocycles. The lowest BCUT2D eigenvalue weighted by molar-refractivity contribution is -0.134. The van der Waals surface area contributed by atoms with Gasteiger partial charge >= 0.3 is 12.2 Å². The largest absolute Gasteiger partial charge is 0.425 e. The number of alkyl halides is 3. The highest BCUT2D eigenvalue weighted by Crippen LogP contribution is 2.39. The zero-order valence-corrected chi connectivity index (χ0v) is 16.7. The van der Waals surface area contributed by atoms with Gasteiger partial charge in [0.2, 0.25) is 0 Å². The van der Waals surface area contributed by atoms with E-state index in [0.29, 0.717) is 28.2 Å². The van der Waals surface area contributed by atoms with Crippen molar-refractivity contribution in [2.24, 2.45) is 4.99 Å². The first-order valence-corrected chi connectivity index (χ1v) is 10.4. The molecule has 1 N–H and O–H groups in total. The molecule has 3 heterocycles. The number of hydrogen-bond acceptors (Lipinski definition) is 3. The molecule has 2 amide bonds. The van der Waals surface area contributed by atoms with Crippen LogP contribution >= 0.6 is 11.3 Å². The number of rotatable bonds is 3. The molecule has 9 heteroatoms. The quantitative estimate of drug-likeness (QED) is 0.487. The third-order valence-electron chi connectivity index (χ3n) is 5.44. The summed E-state index contributed by atoms with van der Waals surface area (Å²) in [4.78, 5) is 17.6. The molecular weight excluding hydrogens is 430 g/mol. The van der Waals surface area contributed by atoms with Gasteiger partial charge < -0.3 is 5.32 Å². The second-order valence-corrected chi connectivity index (χ2v) is 8.25. The van der Waals surface area contributed by atoms with E-state index in [1.54, 1.807) is 18.3 Å². The molecule has 158 valence electrons. The first kappa shape index (κ1) is 19.7. The van der Waals surface area contributed by atoms with Crippen LogP contribution in [-0.4, -0.2) is 18.8 Å². The van der Waals surface area contributed by atoms with Crippen LogP contribution in [0.5, 0.6) is 0 Å². The monoisotopic (exact) mass is 445 g/mol. The molecule has 1 atom stereocenters. The normalized spacial score (nSPS) is 17.9. The Hall–Kier alpha value is -3.20. The van der Waals surface area contributed by atoms with Crippen molar-refractivity contribution in [3.8, 4) is 11.1 Å². The van der Waals surface area contributed by atoms with Gasteiger partial charge in [0.25, 0.3) is 0 Å². The average molecular weight is 445 g/mol. The molecular formula is C22H15F4N3OS. The highest BCUT2D eigenvalue weighted by atomic mass is 32.1. The standard InChI is InChI=1S/C22H15F4N3OS/c23-17-7-13(14-8-20(31-11-14)22(24,25)26)2-4-16(17)19-10-28-21(30)29(19)15-3-1-12-5-6-27-18(12)9-15/h1-4,6-9,11,19H,5,10H2,(H,28,30). The van der Waals surface area contributed by atoms with Gasteiger partial charge in [0.1, 0.15) is 10.7 Å². The van der Waals surface area contributed by atoms with Gasteiger partial charge in [-0.1, -0.05) is 18.2 Å². The van der Waals surface area contributed by atoms with Gasteiger partial charge in [0.15, 0.2) is 0 Å². The fourth-order valence-corrected chi connectivity index (χ4v) is 4.69. The molecule has 0 bridgehead atoms. The summed E-state index contributed by atoms with van der Waals surface area (Å²) in [6, 6.07) is 9.90. The molecule has 1 unspecified atom stereocenters. The Balaban J connectivity index is 1.47. The van der Waals surface area contributed by atoms with Crippen molar-refractivity contribution < 1.29 is 22.4 Å². The molecule has 5 rings (SSSR count). The number of thiophene rings is 1. The van der Waals surface area contributed by atoms with Gasteiger partial charge in [-0.3, -0.25) is 9.89 Å². The van der Waals surface area contributed by atoms with Gasteiger partial charge in [0.05, 0.1) is 11.7 Å². The van der Waals surface area contributed by atoms with Crippen LogP contribution in [0.1, 0.15) is 22.0 Å². The van der Waals surface area contributed by atoms with Crippen molar-refractivity contribution in [3.63, 3.8) is 0 Å². The van der Waals surface area contributed by atoms with E-state index in [-0.39, 0.29) is 18.1 Å². The number of carbonyl (C=O) groups is 1. The van der Waals surface area contributed by atoms with Crippen LogP contribution in [0.4, 0.5) is 33.7 Å². The van der Waals surface area contributed by atoms with Gasteiger partial charge in [-0.15, -0.1) is 11.3 Å². The fraction of sp³-hybridized carbons (Fsp3) is 0.182. The number of anilines is 1. The number of aliphatic imine (C=N–C) groups is 1. The number of urea groups is 1. The average Bonchev–Trinajstić information content (AvgIpc) is 3.46. The van der Waals surface area contributed by atoms with E-state index in [1.165, 1.54) is 22.4 Å². The van der Waals surface area contributed by atoms with Crippen LogP contribution in [0.25, 0.3) is 11.1 Å². The van der Waals surface area contributed by atoms with Crippen LogP contribution in [0.3, 0.4) is 0 Å². The maximum atomic E-state index is 15.1. The van der Waals surface area contributed by atoms with Crippen molar-refractivity contribution in [3.05, 3.63) is 69.7 Å². The topological polar surface area (TPSA) is 44.7 Å². The molecule has 0 spiro atoms. The summed E-state index contributed by atoms with van der Waals surface area (Å²) in [5.74, 6) is -0.581. The zero-order chi connectivity index (χ0) is 21.8. The van der Waals surface area contributed by atoms with E-state index >= 15 is 4.39 Å². The van der Waals surface area contributed by atoms with E-state index in [2.05, 4.69) is 10.3 Å². The van der Waals surface area contributed by atoms with E-state index in [4.69, 9.17) is 0 Å². The number of hydrogen-bond donors (Lipinski definition) is 1. The number of nitrogens with one attached hydrogen (secondary N) is 1. The Kier molecular flexibility index (Phi) is 4.58. The summed E-state index contributed by atoms with van der Waals surface area (Å²) in [5.41, 5.74) is 3.39. The molecule has 4 nitrogen and oxygen atoms in total. The minimum absolute atomic E-state index is 0.214. The molecule has 2 aliphatic rings. The van der Waals surface area contributed by atoms with Gasteiger partial charge in [-0.2, -0.15) is 13.2 Å². The summed E-state index contributed by atoms with van der Waals surface area (Å²) in [5, 5.41) is 4.09. The number of amides is 2. The van der Waals surface area contributed by atoms with E-state index < -0.39 is 22.9 Å². The van der Waals surface area contributed by atoms with Gasteiger partial charge in [-0.05, 0) is 46.3 Å². The van der Waals surface area contributed by atoms with Crippen LogP contribution in [0.2, 0.25) is 0 Å². The van der Waals surface area contributed by atoms with Crippen molar-refractivity contribution in [1.82, 2.24) is 5.32 Å². The first-order chi connectivity index (χ1) is 14.8. The summed E-state index contributed by atoms with van der Waals surface area (Å²) < 4.78 is 53.7. The Labute approximate surface area is 178 Å². The van der Waals surface area contributed by atoms with Crippen molar-refractivity contribution in [2.45, 2.75) is 18.6 Å². The predicted octanol–water partition coefficient (Wildman–Crippen LogP) is 6.10. The number of fused-ring (bicyclic) bond motifs is 1. The second kappa shape index (κ2) is 7.19. The Bertz CT molecular complexity index is 1220. The van der Waals surface area contributed by atoms with Crippen LogP contribution in [0.15, 0.2) is 52.8 Å². The van der Waals surface area contributed by atoms with Crippen LogP contribution in [0, 0.1) is 5.82 Å². The van der Waals surface area contributed by atoms with Crippen LogP contribution < -0.4 is 10.2 Å².